The Bertz CT molecular complexity index is 306. The first-order valence-corrected chi connectivity index (χ1v) is 6.26. The Labute approximate surface area is 107 Å². The molecule has 2 amide bonds. The normalized spacial score (nSPS) is 21.8. The van der Waals surface area contributed by atoms with Crippen LogP contribution >= 0.6 is 0 Å². The summed E-state index contributed by atoms with van der Waals surface area (Å²) in [6, 6.07) is -1.17. The summed E-state index contributed by atoms with van der Waals surface area (Å²) in [6.07, 6.45) is 1.87. The van der Waals surface area contributed by atoms with E-state index in [1.54, 1.807) is 25.9 Å². The minimum absolute atomic E-state index is 0.0480. The Morgan fingerprint density at radius 1 is 1.44 bits per heavy atom. The zero-order valence-corrected chi connectivity index (χ0v) is 11.2. The van der Waals surface area contributed by atoms with E-state index in [0.717, 1.165) is 12.8 Å². The van der Waals surface area contributed by atoms with Gasteiger partial charge in [0.25, 0.3) is 0 Å². The van der Waals surface area contributed by atoms with Crippen molar-refractivity contribution in [3.8, 4) is 0 Å². The molecule has 1 fully saturated rings. The topological polar surface area (TPSA) is 78.9 Å². The van der Waals surface area contributed by atoms with Crippen molar-refractivity contribution in [3.05, 3.63) is 0 Å². The summed E-state index contributed by atoms with van der Waals surface area (Å²) in [4.78, 5) is 24.6. The molecular formula is C12H22N2O4. The van der Waals surface area contributed by atoms with Crippen LogP contribution in [0.15, 0.2) is 0 Å². The van der Waals surface area contributed by atoms with Gasteiger partial charge in [0.05, 0.1) is 6.10 Å². The molecule has 2 unspecified atom stereocenters. The number of aliphatic carboxylic acids is 1. The van der Waals surface area contributed by atoms with E-state index in [2.05, 4.69) is 5.32 Å². The summed E-state index contributed by atoms with van der Waals surface area (Å²) in [7, 11) is 1.63. The quantitative estimate of drug-likeness (QED) is 0.785. The number of piperidine rings is 1. The molecule has 0 aromatic heterocycles. The second kappa shape index (κ2) is 6.58. The molecule has 1 saturated heterocycles. The molecular weight excluding hydrogens is 236 g/mol. The fourth-order valence-corrected chi connectivity index (χ4v) is 2.05. The van der Waals surface area contributed by atoms with Crippen molar-refractivity contribution in [2.75, 3.05) is 20.2 Å². The molecule has 6 nitrogen and oxygen atoms in total. The molecule has 0 bridgehead atoms. The number of carbonyl (C=O) groups is 2. The number of hydrogen-bond donors (Lipinski definition) is 2. The number of rotatable bonds is 4. The van der Waals surface area contributed by atoms with Crippen LogP contribution in [0.2, 0.25) is 0 Å². The van der Waals surface area contributed by atoms with E-state index in [9.17, 15) is 9.59 Å². The number of likely N-dealkylation sites (tertiary alicyclic amines) is 1. The van der Waals surface area contributed by atoms with E-state index in [4.69, 9.17) is 9.84 Å². The molecule has 0 saturated carbocycles. The van der Waals surface area contributed by atoms with Gasteiger partial charge in [-0.3, -0.25) is 0 Å². The average Bonchev–Trinajstić information content (AvgIpc) is 2.34. The van der Waals surface area contributed by atoms with E-state index >= 15 is 0 Å². The number of ether oxygens (including phenoxy) is 1. The van der Waals surface area contributed by atoms with Crippen molar-refractivity contribution in [2.24, 2.45) is 5.92 Å². The molecule has 2 atom stereocenters. The predicted octanol–water partition coefficient (Wildman–Crippen LogP) is 0.916. The minimum atomic E-state index is -1.00. The van der Waals surface area contributed by atoms with Gasteiger partial charge in [-0.1, -0.05) is 13.8 Å². The van der Waals surface area contributed by atoms with Crippen molar-refractivity contribution in [3.63, 3.8) is 0 Å². The van der Waals surface area contributed by atoms with Crippen LogP contribution < -0.4 is 5.32 Å². The second-order valence-electron chi connectivity index (χ2n) is 4.96. The molecule has 6 heteroatoms. The van der Waals surface area contributed by atoms with Crippen molar-refractivity contribution in [1.29, 1.82) is 0 Å². The summed E-state index contributed by atoms with van der Waals surface area (Å²) < 4.78 is 5.23. The maximum atomic E-state index is 12.0. The van der Waals surface area contributed by atoms with Gasteiger partial charge in [-0.05, 0) is 18.8 Å². The van der Waals surface area contributed by atoms with Gasteiger partial charge in [0.2, 0.25) is 0 Å². The first-order valence-electron chi connectivity index (χ1n) is 6.26. The fraction of sp³-hybridized carbons (Fsp3) is 0.833. The lowest BCUT2D eigenvalue weighted by atomic mass is 10.0. The number of amides is 2. The smallest absolute Gasteiger partial charge is 0.326 e. The number of methoxy groups -OCH3 is 1. The zero-order chi connectivity index (χ0) is 13.7. The highest BCUT2D eigenvalue weighted by atomic mass is 16.5. The number of carboxylic acid groups (broad SMARTS) is 1. The van der Waals surface area contributed by atoms with Gasteiger partial charge in [0.1, 0.15) is 6.04 Å². The largest absolute Gasteiger partial charge is 0.480 e. The van der Waals surface area contributed by atoms with Crippen LogP contribution in [0.1, 0.15) is 26.7 Å². The number of urea groups is 1. The van der Waals surface area contributed by atoms with Crippen LogP contribution in [0.5, 0.6) is 0 Å². The summed E-state index contributed by atoms with van der Waals surface area (Å²) >= 11 is 0. The first kappa shape index (κ1) is 14.8. The number of carbonyl (C=O) groups excluding carboxylic acids is 1. The Hall–Kier alpha value is -1.30. The molecule has 104 valence electrons. The van der Waals surface area contributed by atoms with E-state index in [1.165, 1.54) is 0 Å². The molecule has 1 heterocycles. The lowest BCUT2D eigenvalue weighted by Gasteiger charge is -2.33. The standard InChI is InChI=1S/C12H22N2O4/c1-8(2)10(11(15)16)13-12(17)14-6-4-5-9(7-14)18-3/h8-10H,4-7H2,1-3H3,(H,13,17)(H,15,16). The van der Waals surface area contributed by atoms with Gasteiger partial charge in [-0.2, -0.15) is 0 Å². The third kappa shape index (κ3) is 3.87. The third-order valence-corrected chi connectivity index (χ3v) is 3.21. The van der Waals surface area contributed by atoms with E-state index in [1.807, 2.05) is 0 Å². The molecule has 0 aromatic carbocycles. The van der Waals surface area contributed by atoms with Crippen LogP contribution in [-0.4, -0.2) is 54.4 Å². The summed E-state index contributed by atoms with van der Waals surface area (Å²) in [6.45, 7) is 4.71. The Morgan fingerprint density at radius 2 is 2.11 bits per heavy atom. The Kier molecular flexibility index (Phi) is 5.40. The van der Waals surface area contributed by atoms with E-state index in [0.29, 0.717) is 13.1 Å². The lowest BCUT2D eigenvalue weighted by molar-refractivity contribution is -0.140. The van der Waals surface area contributed by atoms with Crippen molar-refractivity contribution < 1.29 is 19.4 Å². The fourth-order valence-electron chi connectivity index (χ4n) is 2.05. The molecule has 1 aliphatic heterocycles. The molecule has 18 heavy (non-hydrogen) atoms. The number of nitrogens with zero attached hydrogens (tertiary/aromatic N) is 1. The van der Waals surface area contributed by atoms with Crippen LogP contribution in [0.4, 0.5) is 4.79 Å². The average molecular weight is 258 g/mol. The number of nitrogens with one attached hydrogen (secondary N) is 1. The van der Waals surface area contributed by atoms with E-state index < -0.39 is 12.0 Å². The molecule has 1 aliphatic rings. The molecule has 1 rings (SSSR count). The summed E-state index contributed by atoms with van der Waals surface area (Å²) in [5.41, 5.74) is 0. The van der Waals surface area contributed by atoms with Gasteiger partial charge in [-0.15, -0.1) is 0 Å². The SMILES string of the molecule is COC1CCCN(C(=O)NC(C(=O)O)C(C)C)C1. The second-order valence-corrected chi connectivity index (χ2v) is 4.96. The number of carboxylic acids is 1. The highest BCUT2D eigenvalue weighted by molar-refractivity contribution is 5.82. The molecule has 0 aromatic rings. The molecule has 2 N–H and O–H groups in total. The van der Waals surface area contributed by atoms with Gasteiger partial charge >= 0.3 is 12.0 Å². The van der Waals surface area contributed by atoms with Crippen LogP contribution in [0.25, 0.3) is 0 Å². The zero-order valence-electron chi connectivity index (χ0n) is 11.2. The maximum Gasteiger partial charge on any atom is 0.326 e. The van der Waals surface area contributed by atoms with Gasteiger partial charge in [-0.25, -0.2) is 9.59 Å². The maximum absolute atomic E-state index is 12.0. The van der Waals surface area contributed by atoms with Crippen LogP contribution in [0.3, 0.4) is 0 Å². The van der Waals surface area contributed by atoms with Gasteiger partial charge in [0.15, 0.2) is 0 Å². The third-order valence-electron chi connectivity index (χ3n) is 3.21. The Morgan fingerprint density at radius 3 is 2.61 bits per heavy atom. The predicted molar refractivity (Wildman–Crippen MR) is 66.4 cm³/mol. The Balaban J connectivity index is 2.55. The van der Waals surface area contributed by atoms with Crippen molar-refractivity contribution in [1.82, 2.24) is 10.2 Å². The van der Waals surface area contributed by atoms with Gasteiger partial charge in [0, 0.05) is 20.2 Å². The highest BCUT2D eigenvalue weighted by Crippen LogP contribution is 2.13. The molecule has 0 radical (unpaired) electrons. The first-order chi connectivity index (χ1) is 8.45. The van der Waals surface area contributed by atoms with Gasteiger partial charge < -0.3 is 20.1 Å². The summed E-state index contributed by atoms with van der Waals surface area (Å²) in [5, 5.41) is 11.6. The molecule has 0 spiro atoms. The monoisotopic (exact) mass is 258 g/mol. The lowest BCUT2D eigenvalue weighted by Crippen LogP contribution is -2.53. The van der Waals surface area contributed by atoms with E-state index in [-0.39, 0.29) is 18.1 Å². The summed E-state index contributed by atoms with van der Waals surface area (Å²) in [5.74, 6) is -1.15. The highest BCUT2D eigenvalue weighted by Gasteiger charge is 2.28. The van der Waals surface area contributed by atoms with Crippen LogP contribution in [-0.2, 0) is 9.53 Å². The van der Waals surface area contributed by atoms with Crippen molar-refractivity contribution >= 4 is 12.0 Å². The van der Waals surface area contributed by atoms with Crippen LogP contribution in [0, 0.1) is 5.92 Å². The number of hydrogen-bond acceptors (Lipinski definition) is 3. The molecule has 0 aliphatic carbocycles. The minimum Gasteiger partial charge on any atom is -0.480 e. The van der Waals surface area contributed by atoms with Crippen molar-refractivity contribution in [2.45, 2.75) is 38.8 Å².